The topological polar surface area (TPSA) is 46.6 Å². The third-order valence-electron chi connectivity index (χ3n) is 3.97. The number of nitrogens with zero attached hydrogens (tertiary/aromatic N) is 1. The largest absolute Gasteiger partial charge is 0.362 e. The van der Waals surface area contributed by atoms with Gasteiger partial charge in [-0.25, -0.2) is 8.42 Å². The zero-order chi connectivity index (χ0) is 11.6. The molecule has 3 atom stereocenters. The minimum Gasteiger partial charge on any atom is -0.362 e. The van der Waals surface area contributed by atoms with Gasteiger partial charge >= 0.3 is 0 Å². The monoisotopic (exact) mass is 243 g/mol. The summed E-state index contributed by atoms with van der Waals surface area (Å²) in [6, 6.07) is 0. The van der Waals surface area contributed by atoms with Crippen LogP contribution in [-0.2, 0) is 14.8 Å². The molecule has 3 rings (SSSR count). The van der Waals surface area contributed by atoms with Gasteiger partial charge in [0.05, 0.1) is 11.4 Å². The van der Waals surface area contributed by atoms with E-state index in [4.69, 9.17) is 4.74 Å². The predicted molar refractivity (Wildman–Crippen MR) is 60.5 cm³/mol. The van der Waals surface area contributed by atoms with Crippen LogP contribution in [0, 0.1) is 5.92 Å². The van der Waals surface area contributed by atoms with Gasteiger partial charge in [-0.3, -0.25) is 0 Å². The Kier molecular flexibility index (Phi) is 2.07. The van der Waals surface area contributed by atoms with E-state index in [2.05, 4.69) is 12.2 Å². The fourth-order valence-electron chi connectivity index (χ4n) is 3.00. The third-order valence-corrected chi connectivity index (χ3v) is 6.16. The van der Waals surface area contributed by atoms with Crippen LogP contribution in [0.25, 0.3) is 0 Å². The van der Waals surface area contributed by atoms with Gasteiger partial charge in [-0.1, -0.05) is 12.2 Å². The second kappa shape index (κ2) is 3.09. The first-order valence-corrected chi connectivity index (χ1v) is 7.30. The van der Waals surface area contributed by atoms with Gasteiger partial charge in [0.15, 0.2) is 0 Å². The summed E-state index contributed by atoms with van der Waals surface area (Å²) >= 11 is 0. The lowest BCUT2D eigenvalue weighted by Crippen LogP contribution is -2.38. The van der Waals surface area contributed by atoms with Gasteiger partial charge in [-0.2, -0.15) is 4.31 Å². The van der Waals surface area contributed by atoms with Crippen molar-refractivity contribution in [1.29, 1.82) is 0 Å². The molecule has 3 aliphatic rings. The maximum Gasteiger partial charge on any atom is 0.216 e. The quantitative estimate of drug-likeness (QED) is 0.673. The minimum atomic E-state index is -3.13. The van der Waals surface area contributed by atoms with Gasteiger partial charge in [0.2, 0.25) is 10.0 Å². The molecule has 0 N–H and O–H groups in total. The molecule has 0 aromatic heterocycles. The molecule has 1 spiro atoms. The predicted octanol–water partition coefficient (Wildman–Crippen LogP) is 0.754. The summed E-state index contributed by atoms with van der Waals surface area (Å²) in [6.07, 6.45) is 5.35. The lowest BCUT2D eigenvalue weighted by Gasteiger charge is -2.23. The van der Waals surface area contributed by atoms with Crippen LogP contribution in [0.5, 0.6) is 0 Å². The van der Waals surface area contributed by atoms with Crippen molar-refractivity contribution in [2.45, 2.75) is 37.2 Å². The van der Waals surface area contributed by atoms with Crippen molar-refractivity contribution >= 4 is 10.0 Å². The minimum absolute atomic E-state index is 0.230. The van der Waals surface area contributed by atoms with Gasteiger partial charge < -0.3 is 4.74 Å². The molecular formula is C11H17NO3S. The zero-order valence-electron chi connectivity index (χ0n) is 9.59. The zero-order valence-corrected chi connectivity index (χ0v) is 10.4. The Morgan fingerprint density at radius 3 is 2.81 bits per heavy atom. The van der Waals surface area contributed by atoms with Crippen molar-refractivity contribution in [3.63, 3.8) is 0 Å². The molecular weight excluding hydrogens is 226 g/mol. The van der Waals surface area contributed by atoms with E-state index in [0.717, 1.165) is 6.42 Å². The molecule has 2 bridgehead atoms. The molecule has 2 saturated heterocycles. The van der Waals surface area contributed by atoms with Gasteiger partial charge in [0, 0.05) is 19.0 Å². The van der Waals surface area contributed by atoms with Crippen LogP contribution in [-0.4, -0.2) is 42.8 Å². The van der Waals surface area contributed by atoms with Gasteiger partial charge in [-0.05, 0) is 20.3 Å². The van der Waals surface area contributed by atoms with Gasteiger partial charge in [0.1, 0.15) is 5.60 Å². The van der Waals surface area contributed by atoms with Crippen LogP contribution in [0.15, 0.2) is 12.2 Å². The standard InChI is InChI=1S/C11H17NO3S/c1-8(2)16(13,14)12-6-9-5-10-3-4-11(9,7-12)15-10/h3-4,8-10H,5-7H2,1-2H3/t9-,10+,11+/m0/s1. The SMILES string of the molecule is CC(C)S(=O)(=O)N1C[C@@H]2C[C@H]3C=C[C@]2(C1)O3. The van der Waals surface area contributed by atoms with Crippen molar-refractivity contribution in [2.24, 2.45) is 5.92 Å². The highest BCUT2D eigenvalue weighted by Crippen LogP contribution is 2.48. The van der Waals surface area contributed by atoms with Crippen molar-refractivity contribution in [3.8, 4) is 0 Å². The maximum atomic E-state index is 12.1. The first kappa shape index (κ1) is 10.7. The molecule has 3 aliphatic heterocycles. The molecule has 0 amide bonds. The Bertz CT molecular complexity index is 442. The van der Waals surface area contributed by atoms with Crippen molar-refractivity contribution < 1.29 is 13.2 Å². The summed E-state index contributed by atoms with van der Waals surface area (Å²) in [4.78, 5) is 0. The van der Waals surface area contributed by atoms with Crippen LogP contribution in [0.4, 0.5) is 0 Å². The number of hydrogen-bond donors (Lipinski definition) is 0. The van der Waals surface area contributed by atoms with E-state index in [0.29, 0.717) is 19.0 Å². The molecule has 0 unspecified atom stereocenters. The van der Waals surface area contributed by atoms with E-state index in [1.165, 1.54) is 0 Å². The highest BCUT2D eigenvalue weighted by atomic mass is 32.2. The molecule has 5 heteroatoms. The first-order chi connectivity index (χ1) is 7.44. The van der Waals surface area contributed by atoms with E-state index in [9.17, 15) is 8.42 Å². The Hall–Kier alpha value is -0.390. The molecule has 0 aromatic rings. The average molecular weight is 243 g/mol. The molecule has 0 saturated carbocycles. The molecule has 90 valence electrons. The molecule has 0 aliphatic carbocycles. The van der Waals surface area contributed by atoms with E-state index in [-0.39, 0.29) is 17.0 Å². The van der Waals surface area contributed by atoms with Crippen molar-refractivity contribution in [1.82, 2.24) is 4.31 Å². The van der Waals surface area contributed by atoms with Gasteiger partial charge in [-0.15, -0.1) is 0 Å². The fraction of sp³-hybridized carbons (Fsp3) is 0.818. The molecule has 16 heavy (non-hydrogen) atoms. The molecule has 0 aromatic carbocycles. The van der Waals surface area contributed by atoms with Crippen molar-refractivity contribution in [2.75, 3.05) is 13.1 Å². The fourth-order valence-corrected chi connectivity index (χ4v) is 4.36. The van der Waals surface area contributed by atoms with Crippen LogP contribution >= 0.6 is 0 Å². The van der Waals surface area contributed by atoms with Crippen LogP contribution in [0.1, 0.15) is 20.3 Å². The Balaban J connectivity index is 1.88. The number of rotatable bonds is 2. The maximum absolute atomic E-state index is 12.1. The highest BCUT2D eigenvalue weighted by Gasteiger charge is 2.57. The van der Waals surface area contributed by atoms with Crippen molar-refractivity contribution in [3.05, 3.63) is 12.2 Å². The summed E-state index contributed by atoms with van der Waals surface area (Å²) in [5, 5.41) is -0.344. The van der Waals surface area contributed by atoms with E-state index < -0.39 is 10.0 Å². The first-order valence-electron chi connectivity index (χ1n) is 5.80. The Labute approximate surface area is 96.3 Å². The van der Waals surface area contributed by atoms with Crippen LogP contribution in [0.3, 0.4) is 0 Å². The molecule has 3 heterocycles. The number of sulfonamides is 1. The second-order valence-corrected chi connectivity index (χ2v) is 7.78. The average Bonchev–Trinajstić information content (AvgIpc) is 2.81. The smallest absolute Gasteiger partial charge is 0.216 e. The lowest BCUT2D eigenvalue weighted by atomic mass is 9.86. The third kappa shape index (κ3) is 1.25. The second-order valence-electron chi connectivity index (χ2n) is 5.29. The summed E-state index contributed by atoms with van der Waals surface area (Å²) in [6.45, 7) is 4.59. The summed E-state index contributed by atoms with van der Waals surface area (Å²) in [5.41, 5.74) is -0.299. The van der Waals surface area contributed by atoms with Gasteiger partial charge in [0.25, 0.3) is 0 Å². The number of fused-ring (bicyclic) bond motifs is 1. The number of ether oxygens (including phenoxy) is 1. The molecule has 4 nitrogen and oxygen atoms in total. The van der Waals surface area contributed by atoms with Crippen LogP contribution < -0.4 is 0 Å². The van der Waals surface area contributed by atoms with E-state index in [1.807, 2.05) is 0 Å². The summed E-state index contributed by atoms with van der Waals surface area (Å²) < 4.78 is 31.6. The lowest BCUT2D eigenvalue weighted by molar-refractivity contribution is 0.0291. The summed E-state index contributed by atoms with van der Waals surface area (Å²) in [5.74, 6) is 0.357. The normalized spacial score (nSPS) is 42.2. The van der Waals surface area contributed by atoms with E-state index in [1.54, 1.807) is 18.2 Å². The molecule has 2 fully saturated rings. The Morgan fingerprint density at radius 2 is 2.25 bits per heavy atom. The van der Waals surface area contributed by atoms with Crippen LogP contribution in [0.2, 0.25) is 0 Å². The van der Waals surface area contributed by atoms with E-state index >= 15 is 0 Å². The Morgan fingerprint density at radius 1 is 1.50 bits per heavy atom. The summed E-state index contributed by atoms with van der Waals surface area (Å²) in [7, 11) is -3.13. The highest BCUT2D eigenvalue weighted by molar-refractivity contribution is 7.89. The molecule has 0 radical (unpaired) electrons. The number of hydrogen-bond acceptors (Lipinski definition) is 3.